The SMILES string of the molecule is COc1ccc(C(=C=C2C(=C=C(c3ccc(OC)cc3)c3ccc(OC)cc3)C(=C(C#N)C#N)C2=C(C#N)C#N)c2ccc(OC)cc2)cc1. The number of nitriles is 4. The molecular weight excluding hydrogens is 624 g/mol. The molecule has 0 bridgehead atoms. The summed E-state index contributed by atoms with van der Waals surface area (Å²) in [6, 6.07) is 37.3. The fraction of sp³-hybridized carbons (Fsp3) is 0.0952. The molecule has 0 N–H and O–H groups in total. The Labute approximate surface area is 290 Å². The van der Waals surface area contributed by atoms with Gasteiger partial charge in [0, 0.05) is 33.4 Å². The first-order valence-electron chi connectivity index (χ1n) is 15.1. The van der Waals surface area contributed by atoms with Crippen LogP contribution in [0.15, 0.2) is 142 Å². The topological polar surface area (TPSA) is 132 Å². The number of methoxy groups -OCH3 is 4. The smallest absolute Gasteiger partial charge is 0.138 e. The zero-order valence-corrected chi connectivity index (χ0v) is 27.7. The Hall–Kier alpha value is -7.44. The second-order valence-electron chi connectivity index (χ2n) is 10.6. The molecule has 0 spiro atoms. The van der Waals surface area contributed by atoms with Crippen LogP contribution in [-0.4, -0.2) is 28.4 Å². The van der Waals surface area contributed by atoms with E-state index in [9.17, 15) is 21.0 Å². The molecule has 0 heterocycles. The van der Waals surface area contributed by atoms with Crippen molar-refractivity contribution in [2.45, 2.75) is 0 Å². The summed E-state index contributed by atoms with van der Waals surface area (Å²) < 4.78 is 21.5. The van der Waals surface area contributed by atoms with E-state index in [1.807, 2.05) is 121 Å². The van der Waals surface area contributed by atoms with Crippen LogP contribution in [0.3, 0.4) is 0 Å². The average Bonchev–Trinajstić information content (AvgIpc) is 3.18. The van der Waals surface area contributed by atoms with Crippen LogP contribution in [0.2, 0.25) is 0 Å². The first-order chi connectivity index (χ1) is 24.4. The van der Waals surface area contributed by atoms with Gasteiger partial charge in [0.1, 0.15) is 58.4 Å². The summed E-state index contributed by atoms with van der Waals surface area (Å²) in [4.78, 5) is 0. The van der Waals surface area contributed by atoms with E-state index >= 15 is 0 Å². The van der Waals surface area contributed by atoms with E-state index in [1.165, 1.54) is 0 Å². The second kappa shape index (κ2) is 15.4. The van der Waals surface area contributed by atoms with Crippen molar-refractivity contribution in [2.75, 3.05) is 28.4 Å². The molecule has 0 atom stereocenters. The maximum Gasteiger partial charge on any atom is 0.138 e. The molecule has 1 fully saturated rings. The third-order valence-electron chi connectivity index (χ3n) is 7.96. The van der Waals surface area contributed by atoms with Gasteiger partial charge in [-0.25, -0.2) is 0 Å². The van der Waals surface area contributed by atoms with E-state index in [0.717, 1.165) is 22.3 Å². The van der Waals surface area contributed by atoms with Crippen LogP contribution in [0.25, 0.3) is 11.1 Å². The van der Waals surface area contributed by atoms with Crippen LogP contribution in [0.5, 0.6) is 23.0 Å². The van der Waals surface area contributed by atoms with Crippen LogP contribution in [0.1, 0.15) is 22.3 Å². The molecule has 1 aliphatic rings. The fourth-order valence-corrected chi connectivity index (χ4v) is 5.36. The fourth-order valence-electron chi connectivity index (χ4n) is 5.36. The highest BCUT2D eigenvalue weighted by Crippen LogP contribution is 2.48. The van der Waals surface area contributed by atoms with Gasteiger partial charge < -0.3 is 18.9 Å². The lowest BCUT2D eigenvalue weighted by Gasteiger charge is -2.28. The highest BCUT2D eigenvalue weighted by molar-refractivity contribution is 5.91. The van der Waals surface area contributed by atoms with E-state index in [4.69, 9.17) is 18.9 Å². The van der Waals surface area contributed by atoms with Gasteiger partial charge in [0.2, 0.25) is 0 Å². The van der Waals surface area contributed by atoms with Gasteiger partial charge in [0.05, 0.1) is 28.4 Å². The minimum Gasteiger partial charge on any atom is -0.497 e. The zero-order valence-electron chi connectivity index (χ0n) is 27.7. The Morgan fingerprint density at radius 1 is 0.380 bits per heavy atom. The molecule has 1 aliphatic carbocycles. The quantitative estimate of drug-likeness (QED) is 0.138. The van der Waals surface area contributed by atoms with Crippen molar-refractivity contribution < 1.29 is 18.9 Å². The van der Waals surface area contributed by atoms with Gasteiger partial charge in [-0.2, -0.15) is 21.0 Å². The van der Waals surface area contributed by atoms with Crippen LogP contribution in [-0.2, 0) is 0 Å². The van der Waals surface area contributed by atoms with Crippen molar-refractivity contribution in [1.82, 2.24) is 0 Å². The average molecular weight is 653 g/mol. The van der Waals surface area contributed by atoms with E-state index in [0.29, 0.717) is 45.3 Å². The van der Waals surface area contributed by atoms with Crippen LogP contribution in [0, 0.1) is 45.3 Å². The summed E-state index contributed by atoms with van der Waals surface area (Å²) in [5.41, 5.74) is 11.6. The minimum atomic E-state index is -0.268. The number of rotatable bonds is 8. The summed E-state index contributed by atoms with van der Waals surface area (Å²) in [5, 5.41) is 40.3. The van der Waals surface area contributed by atoms with Crippen molar-refractivity contribution in [1.29, 1.82) is 21.0 Å². The van der Waals surface area contributed by atoms with E-state index in [-0.39, 0.29) is 22.3 Å². The molecule has 240 valence electrons. The van der Waals surface area contributed by atoms with Gasteiger partial charge in [-0.05, 0) is 70.8 Å². The zero-order chi connectivity index (χ0) is 35.6. The molecule has 50 heavy (non-hydrogen) atoms. The maximum absolute atomic E-state index is 10.1. The third-order valence-corrected chi connectivity index (χ3v) is 7.96. The molecule has 0 aliphatic heterocycles. The van der Waals surface area contributed by atoms with Crippen LogP contribution in [0.4, 0.5) is 0 Å². The van der Waals surface area contributed by atoms with Gasteiger partial charge in [-0.1, -0.05) is 48.5 Å². The first-order valence-corrected chi connectivity index (χ1v) is 15.1. The summed E-state index contributed by atoms with van der Waals surface area (Å²) in [6.07, 6.45) is 0. The van der Waals surface area contributed by atoms with Crippen molar-refractivity contribution in [3.8, 4) is 47.3 Å². The molecule has 5 rings (SSSR count). The summed E-state index contributed by atoms with van der Waals surface area (Å²) >= 11 is 0. The van der Waals surface area contributed by atoms with E-state index < -0.39 is 0 Å². The molecule has 4 aromatic carbocycles. The minimum absolute atomic E-state index is 0.138. The second-order valence-corrected chi connectivity index (χ2v) is 10.6. The van der Waals surface area contributed by atoms with Crippen molar-refractivity contribution in [3.63, 3.8) is 0 Å². The van der Waals surface area contributed by atoms with Crippen LogP contribution < -0.4 is 18.9 Å². The predicted molar refractivity (Wildman–Crippen MR) is 188 cm³/mol. The van der Waals surface area contributed by atoms with E-state index in [2.05, 4.69) is 11.5 Å². The number of benzene rings is 4. The highest BCUT2D eigenvalue weighted by Gasteiger charge is 2.37. The van der Waals surface area contributed by atoms with Gasteiger partial charge in [0.25, 0.3) is 0 Å². The normalized spacial score (nSPS) is 11.2. The predicted octanol–water partition coefficient (Wildman–Crippen LogP) is 8.04. The molecule has 0 amide bonds. The molecule has 0 saturated heterocycles. The molecular formula is C42H28N4O4. The number of hydrogen-bond acceptors (Lipinski definition) is 8. The Morgan fingerprint density at radius 2 is 0.600 bits per heavy atom. The highest BCUT2D eigenvalue weighted by atomic mass is 16.5. The largest absolute Gasteiger partial charge is 0.497 e. The maximum atomic E-state index is 10.1. The summed E-state index contributed by atoms with van der Waals surface area (Å²) in [5.74, 6) is 2.61. The Morgan fingerprint density at radius 3 is 0.780 bits per heavy atom. The molecule has 0 unspecified atom stereocenters. The van der Waals surface area contributed by atoms with Crippen molar-refractivity contribution >= 4 is 11.1 Å². The standard InChI is InChI=1S/C42H28N4O4/c1-47-33-13-5-27(6-14-33)37(28-7-15-34(48-2)16-8-28)21-39-40(42(32(25-45)26-46)41(39)31(23-43)24-44)22-38(29-9-17-35(49-3)18-10-29)30-11-19-36(50-4)20-12-30/h5-20H,1-4H3. The molecule has 8 heteroatoms. The summed E-state index contributed by atoms with van der Waals surface area (Å²) in [7, 11) is 6.32. The Kier molecular flexibility index (Phi) is 10.5. The number of nitrogens with zero attached hydrogens (tertiary/aromatic N) is 4. The lowest BCUT2D eigenvalue weighted by atomic mass is 9.70. The molecule has 8 nitrogen and oxygen atoms in total. The van der Waals surface area contributed by atoms with Crippen molar-refractivity contribution in [3.05, 3.63) is 164 Å². The lowest BCUT2D eigenvalue weighted by molar-refractivity contribution is 0.414. The monoisotopic (exact) mass is 652 g/mol. The number of hydrogen-bond donors (Lipinski definition) is 0. The van der Waals surface area contributed by atoms with Gasteiger partial charge in [-0.3, -0.25) is 0 Å². The molecule has 0 radical (unpaired) electrons. The van der Waals surface area contributed by atoms with E-state index in [1.54, 1.807) is 28.4 Å². The number of allylic oxidation sites excluding steroid dienone is 6. The molecule has 0 aromatic heterocycles. The Bertz CT molecular complexity index is 2020. The lowest BCUT2D eigenvalue weighted by Crippen LogP contribution is -2.16. The van der Waals surface area contributed by atoms with Crippen molar-refractivity contribution in [2.24, 2.45) is 0 Å². The molecule has 4 aromatic rings. The van der Waals surface area contributed by atoms with Gasteiger partial charge in [0.15, 0.2) is 0 Å². The number of ether oxygens (including phenoxy) is 4. The third kappa shape index (κ3) is 6.81. The Balaban J connectivity index is 2.00. The first kappa shape index (κ1) is 33.9. The van der Waals surface area contributed by atoms with Crippen LogP contribution >= 0.6 is 0 Å². The van der Waals surface area contributed by atoms with Gasteiger partial charge in [-0.15, -0.1) is 11.5 Å². The molecule has 1 saturated carbocycles. The van der Waals surface area contributed by atoms with Gasteiger partial charge >= 0.3 is 0 Å². The summed E-state index contributed by atoms with van der Waals surface area (Å²) in [6.45, 7) is 0.